The average molecular weight is 514 g/mol. The second kappa shape index (κ2) is 10.0. The number of hydrogen-bond donors (Lipinski definition) is 0. The fourth-order valence-corrected chi connectivity index (χ4v) is 5.74. The molecule has 6 nitrogen and oxygen atoms in total. The predicted molar refractivity (Wildman–Crippen MR) is 133 cm³/mol. The van der Waals surface area contributed by atoms with Crippen molar-refractivity contribution in [2.24, 2.45) is 0 Å². The molecule has 4 rings (SSSR count). The van der Waals surface area contributed by atoms with Crippen LogP contribution in [0.4, 0.5) is 14.5 Å². The Kier molecular flexibility index (Phi) is 7.06. The summed E-state index contributed by atoms with van der Waals surface area (Å²) in [6, 6.07) is 7.39. The summed E-state index contributed by atoms with van der Waals surface area (Å²) in [4.78, 5) is 18.8. The molecular formula is C25H21F2N3O3S2. The minimum absolute atomic E-state index is 0.0228. The molecule has 0 atom stereocenters. The van der Waals surface area contributed by atoms with Crippen molar-refractivity contribution in [3.05, 3.63) is 101 Å². The van der Waals surface area contributed by atoms with Gasteiger partial charge in [-0.1, -0.05) is 18.2 Å². The molecular weight excluding hydrogens is 492 g/mol. The molecule has 0 fully saturated rings. The van der Waals surface area contributed by atoms with Gasteiger partial charge in [-0.25, -0.2) is 22.2 Å². The number of aromatic nitrogens is 1. The highest BCUT2D eigenvalue weighted by molar-refractivity contribution is 7.89. The van der Waals surface area contributed by atoms with Crippen molar-refractivity contribution in [1.82, 2.24) is 9.29 Å². The smallest absolute Gasteiger partial charge is 0.259 e. The Balaban J connectivity index is 1.78. The first-order valence-corrected chi connectivity index (χ1v) is 12.8. The van der Waals surface area contributed by atoms with Gasteiger partial charge in [0.2, 0.25) is 10.0 Å². The third kappa shape index (κ3) is 4.86. The Labute approximate surface area is 206 Å². The molecule has 1 amide bonds. The van der Waals surface area contributed by atoms with E-state index in [0.29, 0.717) is 27.9 Å². The predicted octanol–water partition coefficient (Wildman–Crippen LogP) is 4.87. The molecule has 0 N–H and O–H groups in total. The van der Waals surface area contributed by atoms with E-state index in [2.05, 4.69) is 18.1 Å². The Bertz CT molecular complexity index is 1430. The highest BCUT2D eigenvalue weighted by Crippen LogP contribution is 2.39. The van der Waals surface area contributed by atoms with Gasteiger partial charge in [0.25, 0.3) is 5.91 Å². The summed E-state index contributed by atoms with van der Waals surface area (Å²) in [7, 11) is -4.13. The number of carbonyl (C=O) groups excluding carboxylic acids is 1. The molecule has 3 aromatic rings. The van der Waals surface area contributed by atoms with Crippen molar-refractivity contribution in [2.75, 3.05) is 18.0 Å². The third-order valence-corrected chi connectivity index (χ3v) is 7.92. The first-order valence-electron chi connectivity index (χ1n) is 10.5. The summed E-state index contributed by atoms with van der Waals surface area (Å²) in [5.74, 6) is -1.89. The Morgan fingerprint density at radius 2 is 1.91 bits per heavy atom. The molecule has 10 heteroatoms. The van der Waals surface area contributed by atoms with Crippen molar-refractivity contribution in [2.45, 2.75) is 11.4 Å². The van der Waals surface area contributed by atoms with Crippen LogP contribution in [0.25, 0.3) is 11.6 Å². The van der Waals surface area contributed by atoms with E-state index in [4.69, 9.17) is 0 Å². The molecule has 180 valence electrons. The van der Waals surface area contributed by atoms with Crippen molar-refractivity contribution in [3.63, 3.8) is 0 Å². The van der Waals surface area contributed by atoms with Crippen molar-refractivity contribution in [3.8, 4) is 0 Å². The quantitative estimate of drug-likeness (QED) is 0.302. The Hall–Kier alpha value is -3.47. The molecule has 0 saturated heterocycles. The maximum Gasteiger partial charge on any atom is 0.259 e. The van der Waals surface area contributed by atoms with Gasteiger partial charge >= 0.3 is 0 Å². The van der Waals surface area contributed by atoms with E-state index in [1.807, 2.05) is 0 Å². The van der Waals surface area contributed by atoms with Gasteiger partial charge in [0.15, 0.2) is 0 Å². The van der Waals surface area contributed by atoms with Gasteiger partial charge in [0, 0.05) is 48.4 Å². The van der Waals surface area contributed by atoms with Crippen LogP contribution in [0, 0.1) is 11.6 Å². The van der Waals surface area contributed by atoms with Crippen LogP contribution >= 0.6 is 11.3 Å². The van der Waals surface area contributed by atoms with Crippen molar-refractivity contribution in [1.29, 1.82) is 0 Å². The summed E-state index contributed by atoms with van der Waals surface area (Å²) in [6.45, 7) is 7.13. The maximum absolute atomic E-state index is 14.3. The van der Waals surface area contributed by atoms with E-state index in [1.165, 1.54) is 40.5 Å². The van der Waals surface area contributed by atoms with Crippen LogP contribution in [0.15, 0.2) is 78.2 Å². The molecule has 2 aromatic carbocycles. The monoisotopic (exact) mass is 513 g/mol. The van der Waals surface area contributed by atoms with Gasteiger partial charge in [-0.3, -0.25) is 4.79 Å². The number of sulfonamides is 1. The highest BCUT2D eigenvalue weighted by atomic mass is 32.2. The number of carbonyl (C=O) groups is 1. The number of hydrogen-bond acceptors (Lipinski definition) is 5. The van der Waals surface area contributed by atoms with Crippen LogP contribution in [0.1, 0.15) is 16.1 Å². The molecule has 0 aliphatic carbocycles. The maximum atomic E-state index is 14.3. The van der Waals surface area contributed by atoms with E-state index in [0.717, 1.165) is 10.4 Å². The van der Waals surface area contributed by atoms with Gasteiger partial charge in [-0.2, -0.15) is 4.31 Å². The Morgan fingerprint density at radius 3 is 2.57 bits per heavy atom. The molecule has 1 aliphatic rings. The molecule has 1 aromatic heterocycles. The fourth-order valence-electron chi connectivity index (χ4n) is 3.76. The number of fused-ring (bicyclic) bond motifs is 1. The number of benzene rings is 2. The van der Waals surface area contributed by atoms with E-state index in [-0.39, 0.29) is 36.0 Å². The topological polar surface area (TPSA) is 70.6 Å². The van der Waals surface area contributed by atoms with Crippen molar-refractivity contribution >= 4 is 44.6 Å². The summed E-state index contributed by atoms with van der Waals surface area (Å²) in [5.41, 5.74) is 1.33. The second-order valence-electron chi connectivity index (χ2n) is 7.63. The minimum atomic E-state index is -4.13. The first-order chi connectivity index (χ1) is 16.8. The molecule has 35 heavy (non-hydrogen) atoms. The summed E-state index contributed by atoms with van der Waals surface area (Å²) in [5, 5.41) is 2.38. The zero-order valence-corrected chi connectivity index (χ0v) is 20.2. The largest absolute Gasteiger partial charge is 0.304 e. The van der Waals surface area contributed by atoms with E-state index in [1.54, 1.807) is 29.8 Å². The Morgan fingerprint density at radius 1 is 1.11 bits per heavy atom. The van der Waals surface area contributed by atoms with Crippen LogP contribution < -0.4 is 4.90 Å². The number of thiazole rings is 1. The van der Waals surface area contributed by atoms with Crippen LogP contribution in [-0.2, 0) is 21.4 Å². The summed E-state index contributed by atoms with van der Waals surface area (Å²) < 4.78 is 55.7. The van der Waals surface area contributed by atoms with Gasteiger partial charge < -0.3 is 4.90 Å². The minimum Gasteiger partial charge on any atom is -0.304 e. The number of rotatable bonds is 9. The molecule has 1 aliphatic heterocycles. The molecule has 0 unspecified atom stereocenters. The lowest BCUT2D eigenvalue weighted by atomic mass is 10.1. The SMILES string of the molecule is C=CCN1C(=O)/C(=C/c2nccs2)c2cc(S(=O)(=O)N(CC=C)Cc3ccc(F)cc3F)ccc21. The summed E-state index contributed by atoms with van der Waals surface area (Å²) >= 11 is 1.35. The zero-order chi connectivity index (χ0) is 25.2. The first kappa shape index (κ1) is 24.6. The number of anilines is 1. The summed E-state index contributed by atoms with van der Waals surface area (Å²) in [6.07, 6.45) is 6.21. The molecule has 0 saturated carbocycles. The number of nitrogens with zero attached hydrogens (tertiary/aromatic N) is 3. The van der Waals surface area contributed by atoms with Crippen LogP contribution in [0.2, 0.25) is 0 Å². The highest BCUT2D eigenvalue weighted by Gasteiger charge is 2.34. The van der Waals surface area contributed by atoms with Crippen LogP contribution in [0.3, 0.4) is 0 Å². The van der Waals surface area contributed by atoms with E-state index >= 15 is 0 Å². The molecule has 2 heterocycles. The van der Waals surface area contributed by atoms with Gasteiger partial charge in [0.1, 0.15) is 16.6 Å². The molecule has 0 radical (unpaired) electrons. The van der Waals surface area contributed by atoms with Crippen LogP contribution in [-0.4, -0.2) is 36.7 Å². The van der Waals surface area contributed by atoms with Crippen LogP contribution in [0.5, 0.6) is 0 Å². The second-order valence-corrected chi connectivity index (χ2v) is 10.5. The van der Waals surface area contributed by atoms with Gasteiger partial charge in [0.05, 0.1) is 16.2 Å². The standard InChI is InChI=1S/C25H21F2N3O3S2/c1-3-10-29(16-17-5-6-18(26)13-22(17)27)35(32,33)19-7-8-23-20(14-19)21(15-24-28-9-12-34-24)25(31)30(23)11-4-2/h3-9,12-15H,1-2,10-11,16H2/b21-15+. The van der Waals surface area contributed by atoms with E-state index < -0.39 is 21.7 Å². The lowest BCUT2D eigenvalue weighted by molar-refractivity contribution is -0.112. The lowest BCUT2D eigenvalue weighted by Gasteiger charge is -2.22. The molecule has 0 spiro atoms. The number of amides is 1. The number of halogens is 2. The third-order valence-electron chi connectivity index (χ3n) is 5.39. The van der Waals surface area contributed by atoms with E-state index in [9.17, 15) is 22.0 Å². The van der Waals surface area contributed by atoms with Gasteiger partial charge in [-0.05, 0) is 30.3 Å². The van der Waals surface area contributed by atoms with Gasteiger partial charge in [-0.15, -0.1) is 24.5 Å². The molecule has 0 bridgehead atoms. The van der Waals surface area contributed by atoms with Crippen molar-refractivity contribution < 1.29 is 22.0 Å². The fraction of sp³-hybridized carbons (Fsp3) is 0.120. The average Bonchev–Trinajstić information content (AvgIpc) is 3.43. The normalized spacial score (nSPS) is 14.5. The zero-order valence-electron chi connectivity index (χ0n) is 18.5. The lowest BCUT2D eigenvalue weighted by Crippen LogP contribution is -2.31.